The number of nitrogens with zero attached hydrogens (tertiary/aromatic N) is 4. The van der Waals surface area contributed by atoms with E-state index < -0.39 is 12.7 Å². The second-order valence-electron chi connectivity index (χ2n) is 5.64. The third kappa shape index (κ3) is 5.22. The predicted octanol–water partition coefficient (Wildman–Crippen LogP) is 1.23. The molecule has 1 aliphatic rings. The summed E-state index contributed by atoms with van der Waals surface area (Å²) in [4.78, 5) is 7.73. The third-order valence-corrected chi connectivity index (χ3v) is 3.79. The van der Waals surface area contributed by atoms with Gasteiger partial charge in [0.15, 0.2) is 5.82 Å². The van der Waals surface area contributed by atoms with Gasteiger partial charge in [-0.1, -0.05) is 12.1 Å². The molecule has 1 atom stereocenters. The number of alkyl halides is 3. The third-order valence-electron chi connectivity index (χ3n) is 3.79. The highest BCUT2D eigenvalue weighted by Gasteiger charge is 2.32. The van der Waals surface area contributed by atoms with Crippen LogP contribution in [-0.4, -0.2) is 58.8 Å². The number of hydrogen-bond acceptors (Lipinski definition) is 6. The molecule has 0 amide bonds. The summed E-state index contributed by atoms with van der Waals surface area (Å²) in [7, 11) is 0. The van der Waals surface area contributed by atoms with Gasteiger partial charge in [0.05, 0.1) is 19.6 Å². The van der Waals surface area contributed by atoms with Crippen LogP contribution < -0.4 is 5.73 Å². The Kier molecular flexibility index (Phi) is 5.76. The molecule has 0 radical (unpaired) electrons. The van der Waals surface area contributed by atoms with E-state index in [0.717, 1.165) is 19.5 Å². The molecule has 0 bridgehead atoms. The highest BCUT2D eigenvalue weighted by atomic mass is 19.4. The Hall–Kier alpha value is -1.19. The molecule has 0 saturated carbocycles. The smallest absolute Gasteiger partial charge is 0.338 e. The molecule has 2 rings (SSSR count). The molecule has 2 heterocycles. The molecule has 2 N–H and O–H groups in total. The Morgan fingerprint density at radius 1 is 1.45 bits per heavy atom. The maximum absolute atomic E-state index is 12.5. The van der Waals surface area contributed by atoms with Crippen molar-refractivity contribution in [3.8, 4) is 0 Å². The van der Waals surface area contributed by atoms with Crippen LogP contribution in [0.15, 0.2) is 4.52 Å². The first-order chi connectivity index (χ1) is 10.4. The molecule has 0 aliphatic carbocycles. The number of halogens is 3. The van der Waals surface area contributed by atoms with E-state index in [1.807, 2.05) is 0 Å². The second kappa shape index (κ2) is 7.38. The van der Waals surface area contributed by atoms with Gasteiger partial charge in [-0.05, 0) is 25.4 Å². The van der Waals surface area contributed by atoms with E-state index in [2.05, 4.69) is 15.0 Å². The van der Waals surface area contributed by atoms with Gasteiger partial charge in [0, 0.05) is 13.1 Å². The molecular formula is C13H22F3N5O. The van der Waals surface area contributed by atoms with Crippen molar-refractivity contribution < 1.29 is 17.7 Å². The molecule has 0 spiro atoms. The highest BCUT2D eigenvalue weighted by Crippen LogP contribution is 2.22. The normalized spacial score (nSPS) is 20.2. The van der Waals surface area contributed by atoms with Gasteiger partial charge in [-0.2, -0.15) is 18.2 Å². The first kappa shape index (κ1) is 17.2. The quantitative estimate of drug-likeness (QED) is 0.814. The highest BCUT2D eigenvalue weighted by molar-refractivity contribution is 4.88. The Labute approximate surface area is 127 Å². The van der Waals surface area contributed by atoms with Gasteiger partial charge in [0.1, 0.15) is 0 Å². The summed E-state index contributed by atoms with van der Waals surface area (Å²) < 4.78 is 42.4. The van der Waals surface area contributed by atoms with Gasteiger partial charge in [-0.15, -0.1) is 0 Å². The van der Waals surface area contributed by atoms with Crippen LogP contribution in [0.4, 0.5) is 13.2 Å². The molecule has 6 nitrogen and oxygen atoms in total. The molecule has 126 valence electrons. The van der Waals surface area contributed by atoms with Crippen LogP contribution >= 0.6 is 0 Å². The van der Waals surface area contributed by atoms with Gasteiger partial charge in [-0.25, -0.2) is 0 Å². The van der Waals surface area contributed by atoms with Crippen molar-refractivity contribution in [1.29, 1.82) is 0 Å². The van der Waals surface area contributed by atoms with Crippen LogP contribution in [0.2, 0.25) is 0 Å². The molecule has 9 heteroatoms. The molecule has 1 aromatic rings. The van der Waals surface area contributed by atoms with Gasteiger partial charge in [-0.3, -0.25) is 9.80 Å². The summed E-state index contributed by atoms with van der Waals surface area (Å²) in [6.07, 6.45) is -3.26. The maximum atomic E-state index is 12.5. The van der Waals surface area contributed by atoms with Crippen LogP contribution in [0.5, 0.6) is 0 Å². The molecule has 1 fully saturated rings. The minimum absolute atomic E-state index is 0.207. The van der Waals surface area contributed by atoms with Crippen LogP contribution in [0.25, 0.3) is 0 Å². The minimum atomic E-state index is -4.14. The van der Waals surface area contributed by atoms with Crippen LogP contribution in [0, 0.1) is 5.92 Å². The first-order valence-corrected chi connectivity index (χ1v) is 7.42. The lowest BCUT2D eigenvalue weighted by atomic mass is 10.1. The Morgan fingerprint density at radius 3 is 2.82 bits per heavy atom. The summed E-state index contributed by atoms with van der Waals surface area (Å²) in [5.41, 5.74) is 5.41. The topological polar surface area (TPSA) is 71.4 Å². The summed E-state index contributed by atoms with van der Waals surface area (Å²) in [5.74, 6) is 1.21. The zero-order valence-corrected chi connectivity index (χ0v) is 12.6. The van der Waals surface area contributed by atoms with E-state index in [0.29, 0.717) is 31.3 Å². The Bertz CT molecular complexity index is 465. The van der Waals surface area contributed by atoms with E-state index >= 15 is 0 Å². The lowest BCUT2D eigenvalue weighted by molar-refractivity contribution is -0.146. The van der Waals surface area contributed by atoms with Crippen molar-refractivity contribution in [1.82, 2.24) is 19.9 Å². The number of rotatable bonds is 7. The van der Waals surface area contributed by atoms with E-state index in [4.69, 9.17) is 10.3 Å². The summed E-state index contributed by atoms with van der Waals surface area (Å²) in [6.45, 7) is 4.12. The monoisotopic (exact) mass is 321 g/mol. The minimum Gasteiger partial charge on any atom is -0.338 e. The average Bonchev–Trinajstić information content (AvgIpc) is 3.06. The lowest BCUT2D eigenvalue weighted by Gasteiger charge is -2.25. The van der Waals surface area contributed by atoms with E-state index in [1.165, 1.54) is 4.90 Å². The number of aromatic nitrogens is 2. The number of nitrogens with two attached hydrogens (primary N) is 1. The van der Waals surface area contributed by atoms with E-state index in [9.17, 15) is 13.2 Å². The van der Waals surface area contributed by atoms with E-state index in [-0.39, 0.29) is 12.5 Å². The van der Waals surface area contributed by atoms with Crippen molar-refractivity contribution in [2.24, 2.45) is 11.7 Å². The fraction of sp³-hybridized carbons (Fsp3) is 0.846. The molecule has 0 aromatic carbocycles. The fourth-order valence-corrected chi connectivity index (χ4v) is 2.77. The van der Waals surface area contributed by atoms with Gasteiger partial charge >= 0.3 is 6.18 Å². The average molecular weight is 321 g/mol. The summed E-state index contributed by atoms with van der Waals surface area (Å²) in [5, 5.41) is 3.83. The van der Waals surface area contributed by atoms with Crippen molar-refractivity contribution in [2.75, 3.05) is 32.7 Å². The second-order valence-corrected chi connectivity index (χ2v) is 5.64. The molecule has 1 aromatic heterocycles. The lowest BCUT2D eigenvalue weighted by Crippen LogP contribution is -2.38. The van der Waals surface area contributed by atoms with Crippen molar-refractivity contribution in [3.05, 3.63) is 11.7 Å². The number of hydrogen-bond donors (Lipinski definition) is 1. The predicted molar refractivity (Wildman–Crippen MR) is 73.7 cm³/mol. The number of likely N-dealkylation sites (tertiary alicyclic amines) is 1. The zero-order valence-electron chi connectivity index (χ0n) is 12.6. The Morgan fingerprint density at radius 2 is 2.23 bits per heavy atom. The van der Waals surface area contributed by atoms with Gasteiger partial charge < -0.3 is 10.3 Å². The zero-order chi connectivity index (χ0) is 16.2. The van der Waals surface area contributed by atoms with Gasteiger partial charge in [0.2, 0.25) is 5.89 Å². The molecule has 1 saturated heterocycles. The summed E-state index contributed by atoms with van der Waals surface area (Å²) >= 11 is 0. The SMILES string of the molecule is CCN(CC1CCN(Cc2noc(CN)n2)C1)CC(F)(F)F. The molecular weight excluding hydrogens is 299 g/mol. The van der Waals surface area contributed by atoms with Crippen molar-refractivity contribution >= 4 is 0 Å². The summed E-state index contributed by atoms with van der Waals surface area (Å²) in [6, 6.07) is 0. The standard InChI is InChI=1S/C13H22F3N5O/c1-2-20(9-13(14,15)16)6-10-3-4-21(7-10)8-11-18-12(5-17)22-19-11/h10H,2-9,17H2,1H3. The first-order valence-electron chi connectivity index (χ1n) is 7.42. The van der Waals surface area contributed by atoms with E-state index in [1.54, 1.807) is 6.92 Å². The molecule has 22 heavy (non-hydrogen) atoms. The largest absolute Gasteiger partial charge is 0.401 e. The van der Waals surface area contributed by atoms with Crippen molar-refractivity contribution in [2.45, 2.75) is 32.6 Å². The maximum Gasteiger partial charge on any atom is 0.401 e. The van der Waals surface area contributed by atoms with Crippen LogP contribution in [-0.2, 0) is 13.1 Å². The van der Waals surface area contributed by atoms with Crippen molar-refractivity contribution in [3.63, 3.8) is 0 Å². The van der Waals surface area contributed by atoms with Crippen LogP contribution in [0.1, 0.15) is 25.1 Å². The van der Waals surface area contributed by atoms with Crippen LogP contribution in [0.3, 0.4) is 0 Å². The Balaban J connectivity index is 1.79. The molecule has 1 aliphatic heterocycles. The fourth-order valence-electron chi connectivity index (χ4n) is 2.77. The van der Waals surface area contributed by atoms with Gasteiger partial charge in [0.25, 0.3) is 0 Å². The molecule has 1 unspecified atom stereocenters.